The van der Waals surface area contributed by atoms with Crippen LogP contribution in [0.1, 0.15) is 29.3 Å². The fourth-order valence-electron chi connectivity index (χ4n) is 3.52. The summed E-state index contributed by atoms with van der Waals surface area (Å²) in [7, 11) is 0. The number of rotatable bonds is 7. The van der Waals surface area contributed by atoms with E-state index in [1.807, 2.05) is 62.0 Å². The van der Waals surface area contributed by atoms with Crippen molar-refractivity contribution in [2.75, 3.05) is 4.90 Å². The predicted molar refractivity (Wildman–Crippen MR) is 133 cm³/mol. The van der Waals surface area contributed by atoms with E-state index in [9.17, 15) is 4.79 Å². The Hall–Kier alpha value is -2.61. The zero-order valence-corrected chi connectivity index (χ0v) is 20.5. The van der Waals surface area contributed by atoms with E-state index in [-0.39, 0.29) is 5.91 Å². The van der Waals surface area contributed by atoms with Gasteiger partial charge in [0, 0.05) is 37.0 Å². The Bertz CT molecular complexity index is 1210. The lowest BCUT2D eigenvalue weighted by atomic mass is 10.1. The molecule has 32 heavy (non-hydrogen) atoms. The highest BCUT2D eigenvalue weighted by Crippen LogP contribution is 2.38. The van der Waals surface area contributed by atoms with Gasteiger partial charge in [-0.3, -0.25) is 9.69 Å². The summed E-state index contributed by atoms with van der Waals surface area (Å²) < 4.78 is 2.13. The number of thiazole rings is 1. The van der Waals surface area contributed by atoms with Crippen molar-refractivity contribution in [3.05, 3.63) is 87.6 Å². The van der Waals surface area contributed by atoms with Gasteiger partial charge in [0.2, 0.25) is 5.91 Å². The van der Waals surface area contributed by atoms with Gasteiger partial charge in [-0.2, -0.15) is 0 Å². The van der Waals surface area contributed by atoms with Crippen LogP contribution in [0.15, 0.2) is 65.4 Å². The van der Waals surface area contributed by atoms with Crippen LogP contribution >= 0.6 is 34.7 Å². The topological polar surface area (TPSA) is 51.0 Å². The third-order valence-electron chi connectivity index (χ3n) is 4.89. The number of hydrogen-bond acceptors (Lipinski definition) is 5. The summed E-state index contributed by atoms with van der Waals surface area (Å²) in [6, 6.07) is 14.2. The first-order chi connectivity index (χ1) is 15.4. The van der Waals surface area contributed by atoms with E-state index < -0.39 is 0 Å². The van der Waals surface area contributed by atoms with Crippen LogP contribution < -0.4 is 4.90 Å². The SMILES string of the molecule is CC(=O)N(c1nc(CSc2nccn2Cc2ccccc2)cs1)c1c(C)cc(C)cc1Cl. The maximum Gasteiger partial charge on any atom is 0.230 e. The van der Waals surface area contributed by atoms with Crippen molar-refractivity contribution in [3.63, 3.8) is 0 Å². The Morgan fingerprint density at radius 3 is 2.72 bits per heavy atom. The molecule has 0 aliphatic heterocycles. The van der Waals surface area contributed by atoms with Gasteiger partial charge in [0.25, 0.3) is 0 Å². The van der Waals surface area contributed by atoms with Gasteiger partial charge in [0.1, 0.15) is 0 Å². The molecular weight excluding hydrogens is 460 g/mol. The average molecular weight is 483 g/mol. The Kier molecular flexibility index (Phi) is 6.98. The highest BCUT2D eigenvalue weighted by atomic mass is 35.5. The van der Waals surface area contributed by atoms with Gasteiger partial charge in [-0.05, 0) is 36.6 Å². The van der Waals surface area contributed by atoms with Crippen LogP contribution in [0.3, 0.4) is 0 Å². The van der Waals surface area contributed by atoms with Crippen LogP contribution in [-0.2, 0) is 17.1 Å². The minimum Gasteiger partial charge on any atom is -0.322 e. The van der Waals surface area contributed by atoms with Crippen LogP contribution in [0.25, 0.3) is 0 Å². The standard InChI is InChI=1S/C24H23ClN4OS2/c1-16-11-17(2)22(21(25)12-16)29(18(3)30)24-27-20(15-32-24)14-31-23-26-9-10-28(23)13-19-7-5-4-6-8-19/h4-12,15H,13-14H2,1-3H3. The minimum absolute atomic E-state index is 0.120. The molecule has 2 aromatic carbocycles. The highest BCUT2D eigenvalue weighted by Gasteiger charge is 2.22. The van der Waals surface area contributed by atoms with Crippen molar-refractivity contribution in [2.24, 2.45) is 0 Å². The quantitative estimate of drug-likeness (QED) is 0.277. The van der Waals surface area contributed by atoms with Crippen molar-refractivity contribution in [1.29, 1.82) is 0 Å². The molecule has 0 atom stereocenters. The first-order valence-corrected chi connectivity index (χ1v) is 12.4. The Balaban J connectivity index is 1.51. The summed E-state index contributed by atoms with van der Waals surface area (Å²) in [5, 5.41) is 4.09. The zero-order chi connectivity index (χ0) is 22.7. The number of aryl methyl sites for hydroxylation is 2. The lowest BCUT2D eigenvalue weighted by molar-refractivity contribution is -0.115. The molecule has 5 nitrogen and oxygen atoms in total. The van der Waals surface area contributed by atoms with Crippen molar-refractivity contribution < 1.29 is 4.79 Å². The van der Waals surface area contributed by atoms with Crippen LogP contribution in [-0.4, -0.2) is 20.4 Å². The molecule has 0 N–H and O–H groups in total. The molecule has 8 heteroatoms. The van der Waals surface area contributed by atoms with Gasteiger partial charge >= 0.3 is 0 Å². The molecule has 0 aliphatic carbocycles. The number of nitrogens with zero attached hydrogens (tertiary/aromatic N) is 4. The van der Waals surface area contributed by atoms with E-state index in [1.165, 1.54) is 23.8 Å². The molecule has 0 fully saturated rings. The van der Waals surface area contributed by atoms with Gasteiger partial charge in [0.05, 0.1) is 16.4 Å². The first-order valence-electron chi connectivity index (χ1n) is 10.1. The third-order valence-corrected chi connectivity index (χ3v) is 7.09. The molecule has 1 amide bonds. The van der Waals surface area contributed by atoms with Crippen molar-refractivity contribution in [1.82, 2.24) is 14.5 Å². The third kappa shape index (κ3) is 5.06. The van der Waals surface area contributed by atoms with Gasteiger partial charge < -0.3 is 4.57 Å². The lowest BCUT2D eigenvalue weighted by Crippen LogP contribution is -2.24. The fourth-order valence-corrected chi connectivity index (χ4v) is 5.75. The summed E-state index contributed by atoms with van der Waals surface area (Å²) in [4.78, 5) is 23.4. The van der Waals surface area contributed by atoms with Crippen molar-refractivity contribution >= 4 is 51.4 Å². The largest absolute Gasteiger partial charge is 0.322 e. The molecule has 0 bridgehead atoms. The molecule has 0 spiro atoms. The monoisotopic (exact) mass is 482 g/mol. The van der Waals surface area contributed by atoms with E-state index in [2.05, 4.69) is 21.7 Å². The number of anilines is 2. The number of aromatic nitrogens is 3. The normalized spacial score (nSPS) is 11.0. The summed E-state index contributed by atoms with van der Waals surface area (Å²) in [6.45, 7) is 6.25. The van der Waals surface area contributed by atoms with Crippen molar-refractivity contribution in [3.8, 4) is 0 Å². The highest BCUT2D eigenvalue weighted by molar-refractivity contribution is 7.98. The second kappa shape index (κ2) is 9.90. The molecule has 164 valence electrons. The Morgan fingerprint density at radius 2 is 2.00 bits per heavy atom. The van der Waals surface area contributed by atoms with E-state index in [0.717, 1.165) is 28.5 Å². The molecule has 4 aromatic rings. The number of halogens is 1. The van der Waals surface area contributed by atoms with E-state index in [4.69, 9.17) is 16.6 Å². The fraction of sp³-hybridized carbons (Fsp3) is 0.208. The van der Waals surface area contributed by atoms with Crippen LogP contribution in [0, 0.1) is 13.8 Å². The molecule has 2 aromatic heterocycles. The second-order valence-electron chi connectivity index (χ2n) is 7.50. The Morgan fingerprint density at radius 1 is 1.22 bits per heavy atom. The molecule has 0 aliphatic rings. The summed E-state index contributed by atoms with van der Waals surface area (Å²) in [5.41, 5.74) is 4.82. The first kappa shape index (κ1) is 22.6. The van der Waals surface area contributed by atoms with Crippen LogP contribution in [0.5, 0.6) is 0 Å². The van der Waals surface area contributed by atoms with Gasteiger partial charge in [-0.25, -0.2) is 9.97 Å². The predicted octanol–water partition coefficient (Wildman–Crippen LogP) is 6.64. The Labute approximate surface area is 201 Å². The maximum atomic E-state index is 12.5. The number of imidazole rings is 1. The average Bonchev–Trinajstić information content (AvgIpc) is 3.39. The molecule has 0 saturated carbocycles. The van der Waals surface area contributed by atoms with Crippen LogP contribution in [0.4, 0.5) is 10.8 Å². The molecule has 4 rings (SSSR count). The lowest BCUT2D eigenvalue weighted by Gasteiger charge is -2.22. The second-order valence-corrected chi connectivity index (χ2v) is 9.69. The van der Waals surface area contributed by atoms with Crippen LogP contribution in [0.2, 0.25) is 5.02 Å². The number of benzene rings is 2. The summed E-state index contributed by atoms with van der Waals surface area (Å²) >= 11 is 9.58. The minimum atomic E-state index is -0.120. The smallest absolute Gasteiger partial charge is 0.230 e. The van der Waals surface area contributed by atoms with E-state index >= 15 is 0 Å². The molecule has 0 radical (unpaired) electrons. The van der Waals surface area contributed by atoms with Gasteiger partial charge in [0.15, 0.2) is 10.3 Å². The van der Waals surface area contributed by atoms with Gasteiger partial charge in [-0.1, -0.05) is 59.8 Å². The molecule has 0 saturated heterocycles. The van der Waals surface area contributed by atoms with E-state index in [0.29, 0.717) is 21.6 Å². The number of amides is 1. The summed E-state index contributed by atoms with van der Waals surface area (Å²) in [5.74, 6) is 0.542. The number of hydrogen-bond donors (Lipinski definition) is 0. The maximum absolute atomic E-state index is 12.5. The summed E-state index contributed by atoms with van der Waals surface area (Å²) in [6.07, 6.45) is 3.80. The molecular formula is C24H23ClN4OS2. The van der Waals surface area contributed by atoms with Gasteiger partial charge in [-0.15, -0.1) is 11.3 Å². The van der Waals surface area contributed by atoms with E-state index in [1.54, 1.807) is 16.7 Å². The molecule has 2 heterocycles. The van der Waals surface area contributed by atoms with Crippen molar-refractivity contribution in [2.45, 2.75) is 38.2 Å². The number of carbonyl (C=O) groups is 1. The number of carbonyl (C=O) groups excluding carboxylic acids is 1. The molecule has 0 unspecified atom stereocenters. The number of thioether (sulfide) groups is 1. The zero-order valence-electron chi connectivity index (χ0n) is 18.1.